The zero-order chi connectivity index (χ0) is 97.0. The Labute approximate surface area is 821 Å². The standard InChI is InChI=1S/C23H31N9O.C21H25N10O.C20H22N10O.C16H20N8.C7H6N4O.C6H13N.CH4.ClH/c1-5-32-20(16-10-24-15(2)25-11-16)29-18-19(26-14-27-21(18)32)28-17-6-8-30(12-17)22(33)31-9-7-23(3,4)13-31;1-4-31-19(15-9-22-14(2)23-10-15)27-17-18(24-12-25-20(17)31)26-16-5-6-29(11-16)21(32)30-8-7-28(3)13-30;1-3-30-18(14-8-22-13(2)23-9-14)27-16-17(24-11-25-19(16)30)26-15-4-6-28(10-15)20(31)29-7-5-21-12-29;1-3-24-15(11-6-18-10(2)19-7-11)23-13-14(20-9-21-16(13)24)22-12-4-5-17-8-12;12-7(10-3-1-8-5-10)11-4-2-9-6-11;1-6(2)3-4-7-5-6;;/h10-11,14,17H,5-9,12-13H2,1-4H3,(H,26,27,28);7-10,12-13,16H,4-6,11H2,1-3H3,(H,24,25,26);5,7-9,11-12,15H,3-4,6,10H2,1-2H3,(H,24,25,26);6-7,9,12,17H,3-5,8H2,1-2H3,(H,20,21,22);1-6H;7H,3-5H2,1-2H3;1H4;1H/q;+1;;;;;;. The number of rotatable bonds is 16. The van der Waals surface area contributed by atoms with Gasteiger partial charge in [-0.2, -0.15) is 4.57 Å². The molecule has 22 heterocycles. The quantitative estimate of drug-likeness (QED) is 0.0612. The number of imidazole rings is 8. The van der Waals surface area contributed by atoms with Crippen molar-refractivity contribution in [3.05, 3.63) is 173 Å². The molecule has 7 N–H and O–H groups in total. The van der Waals surface area contributed by atoms with Crippen LogP contribution in [0.15, 0.2) is 150 Å². The van der Waals surface area contributed by atoms with E-state index < -0.39 is 0 Å². The molecule has 4 amide bonds. The molecule has 47 heteroatoms. The number of hydrogen-bond donors (Lipinski definition) is 6. The molecule has 16 aromatic rings. The van der Waals surface area contributed by atoms with Gasteiger partial charge in [0.15, 0.2) is 67.9 Å². The monoisotopic (exact) mass is 1940 g/mol. The van der Waals surface area contributed by atoms with Gasteiger partial charge in [0.2, 0.25) is 0 Å². The van der Waals surface area contributed by atoms with Gasteiger partial charge in [-0.15, -0.1) is 0 Å². The molecular formula is C94H122ClN42O4+. The number of anilines is 4. The Morgan fingerprint density at radius 3 is 1.03 bits per heavy atom. The minimum atomic E-state index is -0.190. The van der Waals surface area contributed by atoms with Gasteiger partial charge in [-0.3, -0.25) is 13.7 Å². The summed E-state index contributed by atoms with van der Waals surface area (Å²) >= 11 is 0. The Balaban J connectivity index is 0.000000133. The first kappa shape index (κ1) is 100. The first-order valence-electron chi connectivity index (χ1n) is 47.1. The fourth-order valence-electron chi connectivity index (χ4n) is 17.7. The molecule has 6 aliphatic heterocycles. The second-order valence-electron chi connectivity index (χ2n) is 36.5. The molecule has 738 valence electrons. The number of hydrogen-bond acceptors (Lipinski definition) is 32. The summed E-state index contributed by atoms with van der Waals surface area (Å²) in [5.74, 6) is 8.81. The van der Waals surface area contributed by atoms with Crippen LogP contribution in [0.4, 0.5) is 42.4 Å². The lowest BCUT2D eigenvalue weighted by Gasteiger charge is -2.26. The molecule has 141 heavy (non-hydrogen) atoms. The van der Waals surface area contributed by atoms with Crippen LogP contribution >= 0.6 is 0 Å². The van der Waals surface area contributed by atoms with E-state index in [1.165, 1.54) is 58.5 Å². The molecule has 22 rings (SSSR count). The molecule has 6 fully saturated rings. The lowest BCUT2D eigenvalue weighted by Crippen LogP contribution is -3.00. The summed E-state index contributed by atoms with van der Waals surface area (Å²) in [6.45, 7) is 37.9. The number of fused-ring (bicyclic) bond motifs is 4. The molecule has 16 aromatic heterocycles. The van der Waals surface area contributed by atoms with E-state index in [-0.39, 0.29) is 67.5 Å². The van der Waals surface area contributed by atoms with Gasteiger partial charge in [0, 0.05) is 208 Å². The zero-order valence-electron chi connectivity index (χ0n) is 80.9. The average Bonchev–Trinajstić information content (AvgIpc) is 1.62. The molecule has 0 aromatic carbocycles. The fraction of sp³-hybridized carbons (Fsp3) is 0.447. The number of nitrogens with zero attached hydrogens (tertiary/aromatic N) is 36. The van der Waals surface area contributed by atoms with Gasteiger partial charge in [-0.05, 0) is 99.5 Å². The van der Waals surface area contributed by atoms with E-state index in [0.717, 1.165) is 168 Å². The van der Waals surface area contributed by atoms with Gasteiger partial charge in [-0.25, -0.2) is 138 Å². The van der Waals surface area contributed by atoms with Crippen molar-refractivity contribution in [3.63, 3.8) is 0 Å². The number of nitrogens with one attached hydrogen (secondary N) is 5. The van der Waals surface area contributed by atoms with E-state index in [4.69, 9.17) is 19.9 Å². The Hall–Kier alpha value is -15.4. The van der Waals surface area contributed by atoms with Crippen LogP contribution in [0.1, 0.15) is 125 Å². The summed E-state index contributed by atoms with van der Waals surface area (Å²) in [5, 5.41) is 19.7. The maximum Gasteiger partial charge on any atom is 0.415 e. The Bertz CT molecular complexity index is 6850. The van der Waals surface area contributed by atoms with Crippen molar-refractivity contribution in [2.24, 2.45) is 17.9 Å². The van der Waals surface area contributed by atoms with Gasteiger partial charge >= 0.3 is 24.1 Å². The predicted molar refractivity (Wildman–Crippen MR) is 525 cm³/mol. The topological polar surface area (TPSA) is 498 Å². The molecule has 0 saturated carbocycles. The third-order valence-electron chi connectivity index (χ3n) is 25.2. The summed E-state index contributed by atoms with van der Waals surface area (Å²) in [5.41, 5.74) is 10.3. The molecule has 0 bridgehead atoms. The maximum atomic E-state index is 13.0. The third-order valence-corrected chi connectivity index (χ3v) is 25.2. The lowest BCUT2D eigenvalue weighted by molar-refractivity contribution is -0.670. The fourth-order valence-corrected chi connectivity index (χ4v) is 17.7. The summed E-state index contributed by atoms with van der Waals surface area (Å²) in [6, 6.07) is 0.510. The summed E-state index contributed by atoms with van der Waals surface area (Å²) in [4.78, 5) is 158. The van der Waals surface area contributed by atoms with Crippen molar-refractivity contribution in [1.29, 1.82) is 0 Å². The summed E-state index contributed by atoms with van der Waals surface area (Å²) < 4.78 is 15.9. The molecule has 4 atom stereocenters. The molecule has 0 aliphatic carbocycles. The van der Waals surface area contributed by atoms with E-state index in [0.29, 0.717) is 104 Å². The number of halogens is 1. The Morgan fingerprint density at radius 2 is 0.752 bits per heavy atom. The number of carbonyl (C=O) groups is 4. The van der Waals surface area contributed by atoms with Crippen LogP contribution < -0.4 is 48.9 Å². The van der Waals surface area contributed by atoms with Crippen molar-refractivity contribution >= 4 is 92.1 Å². The van der Waals surface area contributed by atoms with Crippen molar-refractivity contribution in [2.45, 2.75) is 179 Å². The van der Waals surface area contributed by atoms with Crippen molar-refractivity contribution in [1.82, 2.24) is 176 Å². The average molecular weight is 1940 g/mol. The van der Waals surface area contributed by atoms with Crippen molar-refractivity contribution < 1.29 is 41.5 Å². The smallest absolute Gasteiger partial charge is 0.415 e. The number of quaternary nitrogens is 1. The minimum Gasteiger partial charge on any atom is -1.00 e. The first-order valence-corrected chi connectivity index (χ1v) is 47.1. The van der Waals surface area contributed by atoms with Gasteiger partial charge < -0.3 is 82.2 Å². The second kappa shape index (κ2) is 44.6. The number of aromatic nitrogens is 32. The summed E-state index contributed by atoms with van der Waals surface area (Å²) in [7, 11) is 1.89. The second-order valence-corrected chi connectivity index (χ2v) is 36.5. The van der Waals surface area contributed by atoms with Crippen LogP contribution in [-0.2, 0) is 33.2 Å². The molecule has 6 aliphatic rings. The number of amides is 4. The predicted octanol–water partition coefficient (Wildman–Crippen LogP) is 5.91. The lowest BCUT2D eigenvalue weighted by atomic mass is 9.93. The van der Waals surface area contributed by atoms with Crippen LogP contribution in [-0.4, -0.2) is 298 Å². The van der Waals surface area contributed by atoms with Crippen LogP contribution in [0.3, 0.4) is 0 Å². The Morgan fingerprint density at radius 1 is 0.411 bits per heavy atom. The van der Waals surface area contributed by atoms with Crippen LogP contribution in [0, 0.1) is 38.5 Å². The summed E-state index contributed by atoms with van der Waals surface area (Å²) in [6.07, 6.45) is 45.9. The molecule has 0 radical (unpaired) electrons. The van der Waals surface area contributed by atoms with Gasteiger partial charge in [0.1, 0.15) is 103 Å². The van der Waals surface area contributed by atoms with E-state index in [2.05, 4.69) is 184 Å². The SMILES string of the molecule is C.CC1(C)CC[NH2+]C1.CCn1c(-c2cnc(C)nc2)nc2c(NC3CCN(C(=O)N4CCC(C)(C)C4)C3)ncnc21.CCn1c(-c2cnc(C)nc2)nc2c(NC3CCN(C(=O)n4cc[n+](C)c4)C3)ncnc21.CCn1c(-c2cnc(C)nc2)nc2c(NC3CCN(C(=O)n4ccnc4)C3)ncnc21.CCn1c(-c2cnc(C)nc2)nc2c(NC3CCNC3)ncnc21.O=C(n1ccnc1)n1ccnc1.[Cl-]. The van der Waals surface area contributed by atoms with Gasteiger partial charge in [0.05, 0.1) is 42.4 Å². The zero-order valence-corrected chi connectivity index (χ0v) is 81.7. The largest absolute Gasteiger partial charge is 1.00 e. The first-order chi connectivity index (χ1) is 67.3. The number of carbonyl (C=O) groups excluding carboxylic acids is 4. The third kappa shape index (κ3) is 23.1. The molecule has 46 nitrogen and oxygen atoms in total. The number of likely N-dealkylation sites (tertiary alicyclic amines) is 4. The highest BCUT2D eigenvalue weighted by Gasteiger charge is 2.38. The number of urea groups is 1. The van der Waals surface area contributed by atoms with Crippen molar-refractivity contribution in [3.8, 4) is 45.6 Å². The molecule has 4 unspecified atom stereocenters. The van der Waals surface area contributed by atoms with Crippen molar-refractivity contribution in [2.75, 3.05) is 99.8 Å². The highest BCUT2D eigenvalue weighted by atomic mass is 35.5. The highest BCUT2D eigenvalue weighted by molar-refractivity contribution is 5.90. The van der Waals surface area contributed by atoms with Crippen LogP contribution in [0.2, 0.25) is 0 Å². The van der Waals surface area contributed by atoms with E-state index in [9.17, 15) is 19.2 Å². The van der Waals surface area contributed by atoms with E-state index in [1.54, 1.807) is 128 Å². The van der Waals surface area contributed by atoms with E-state index in [1.807, 2.05) is 76.3 Å². The number of nitrogens with two attached hydrogens (primary N) is 1. The molecule has 6 saturated heterocycles. The molecule has 0 spiro atoms. The van der Waals surface area contributed by atoms with E-state index >= 15 is 0 Å². The van der Waals surface area contributed by atoms with Gasteiger partial charge in [0.25, 0.3) is 6.33 Å². The van der Waals surface area contributed by atoms with Gasteiger partial charge in [-0.1, -0.05) is 35.1 Å². The number of aryl methyl sites for hydroxylation is 9. The van der Waals surface area contributed by atoms with Crippen LogP contribution in [0.25, 0.3) is 90.2 Å². The minimum absolute atomic E-state index is 0. The van der Waals surface area contributed by atoms with Crippen LogP contribution in [0.5, 0.6) is 0 Å². The highest BCUT2D eigenvalue weighted by Crippen LogP contribution is 2.35. The Kier molecular flexibility index (Phi) is 31.7. The normalized spacial score (nSPS) is 17.1. The maximum absolute atomic E-state index is 13.0. The molecular weight excluding hydrogens is 1820 g/mol.